The molecule has 0 saturated heterocycles. The maximum absolute atomic E-state index is 13.0. The molecule has 0 amide bonds. The minimum atomic E-state index is -3.12. The SMILES string of the molecule is O=C(c1ccccc1)c1ccc(F)cc1OC(F)F. The minimum Gasteiger partial charge on any atom is -0.434 e. The van der Waals surface area contributed by atoms with Gasteiger partial charge in [-0.1, -0.05) is 30.3 Å². The van der Waals surface area contributed by atoms with E-state index in [0.29, 0.717) is 5.56 Å². The Bertz CT molecular complexity index is 582. The van der Waals surface area contributed by atoms with E-state index in [0.717, 1.165) is 18.2 Å². The van der Waals surface area contributed by atoms with E-state index in [4.69, 9.17) is 0 Å². The molecule has 0 heterocycles. The number of benzene rings is 2. The number of ketones is 1. The summed E-state index contributed by atoms with van der Waals surface area (Å²) in [5, 5.41) is 0. The van der Waals surface area contributed by atoms with Crippen molar-refractivity contribution in [3.63, 3.8) is 0 Å². The van der Waals surface area contributed by atoms with E-state index in [9.17, 15) is 18.0 Å². The molecule has 0 unspecified atom stereocenters. The Hall–Kier alpha value is -2.30. The van der Waals surface area contributed by atoms with E-state index < -0.39 is 24.0 Å². The molecule has 0 fully saturated rings. The Labute approximate surface area is 107 Å². The van der Waals surface area contributed by atoms with Gasteiger partial charge in [-0.25, -0.2) is 4.39 Å². The molecular weight excluding hydrogens is 257 g/mol. The number of ether oxygens (including phenoxy) is 1. The van der Waals surface area contributed by atoms with Crippen LogP contribution in [0.2, 0.25) is 0 Å². The van der Waals surface area contributed by atoms with Gasteiger partial charge in [-0.05, 0) is 12.1 Å². The first-order valence-corrected chi connectivity index (χ1v) is 5.42. The van der Waals surface area contributed by atoms with Crippen LogP contribution in [0.5, 0.6) is 5.75 Å². The molecule has 0 spiro atoms. The van der Waals surface area contributed by atoms with Crippen LogP contribution in [-0.2, 0) is 0 Å². The van der Waals surface area contributed by atoms with E-state index in [-0.39, 0.29) is 5.56 Å². The van der Waals surface area contributed by atoms with Crippen molar-refractivity contribution in [2.75, 3.05) is 0 Å². The van der Waals surface area contributed by atoms with Gasteiger partial charge in [0.05, 0.1) is 5.56 Å². The molecule has 2 nitrogen and oxygen atoms in total. The first kappa shape index (κ1) is 13.1. The van der Waals surface area contributed by atoms with E-state index in [1.807, 2.05) is 0 Å². The van der Waals surface area contributed by atoms with Gasteiger partial charge in [-0.3, -0.25) is 4.79 Å². The lowest BCUT2D eigenvalue weighted by molar-refractivity contribution is -0.0502. The fraction of sp³-hybridized carbons (Fsp3) is 0.0714. The van der Waals surface area contributed by atoms with E-state index in [1.165, 1.54) is 12.1 Å². The Morgan fingerprint density at radius 1 is 1.05 bits per heavy atom. The molecule has 19 heavy (non-hydrogen) atoms. The average molecular weight is 266 g/mol. The Morgan fingerprint density at radius 2 is 1.74 bits per heavy atom. The van der Waals surface area contributed by atoms with Crippen molar-refractivity contribution in [2.45, 2.75) is 6.61 Å². The summed E-state index contributed by atoms with van der Waals surface area (Å²) in [6, 6.07) is 11.0. The van der Waals surface area contributed by atoms with Gasteiger partial charge in [0.1, 0.15) is 11.6 Å². The van der Waals surface area contributed by atoms with E-state index >= 15 is 0 Å². The first-order chi connectivity index (χ1) is 9.08. The first-order valence-electron chi connectivity index (χ1n) is 5.42. The molecule has 2 rings (SSSR count). The molecule has 0 aliphatic heterocycles. The van der Waals surface area contributed by atoms with Gasteiger partial charge in [-0.15, -0.1) is 0 Å². The van der Waals surface area contributed by atoms with Crippen LogP contribution < -0.4 is 4.74 Å². The number of carbonyl (C=O) groups is 1. The van der Waals surface area contributed by atoms with Gasteiger partial charge >= 0.3 is 6.61 Å². The molecular formula is C14H9F3O2. The second kappa shape index (κ2) is 5.56. The van der Waals surface area contributed by atoms with Crippen molar-refractivity contribution in [1.29, 1.82) is 0 Å². The minimum absolute atomic E-state index is 0.104. The highest BCUT2D eigenvalue weighted by Crippen LogP contribution is 2.24. The fourth-order valence-electron chi connectivity index (χ4n) is 1.62. The molecule has 0 bridgehead atoms. The highest BCUT2D eigenvalue weighted by Gasteiger charge is 2.17. The molecule has 0 aromatic heterocycles. The van der Waals surface area contributed by atoms with Crippen molar-refractivity contribution in [3.05, 3.63) is 65.5 Å². The van der Waals surface area contributed by atoms with Gasteiger partial charge in [0.15, 0.2) is 5.78 Å². The maximum Gasteiger partial charge on any atom is 0.387 e. The number of alkyl halides is 2. The van der Waals surface area contributed by atoms with E-state index in [1.54, 1.807) is 18.2 Å². The second-order valence-electron chi connectivity index (χ2n) is 3.71. The molecule has 0 aliphatic rings. The number of hydrogen-bond acceptors (Lipinski definition) is 2. The predicted molar refractivity (Wildman–Crippen MR) is 62.9 cm³/mol. The largest absolute Gasteiger partial charge is 0.434 e. The van der Waals surface area contributed by atoms with Crippen molar-refractivity contribution in [2.24, 2.45) is 0 Å². The quantitative estimate of drug-likeness (QED) is 0.789. The number of rotatable bonds is 4. The zero-order valence-electron chi connectivity index (χ0n) is 9.65. The van der Waals surface area contributed by atoms with Crippen LogP contribution >= 0.6 is 0 Å². The smallest absolute Gasteiger partial charge is 0.387 e. The van der Waals surface area contributed by atoms with Crippen molar-refractivity contribution >= 4 is 5.78 Å². The van der Waals surface area contributed by atoms with Crippen LogP contribution in [-0.4, -0.2) is 12.4 Å². The van der Waals surface area contributed by atoms with Gasteiger partial charge in [0, 0.05) is 11.6 Å². The lowest BCUT2D eigenvalue weighted by Gasteiger charge is -2.10. The summed E-state index contributed by atoms with van der Waals surface area (Å²) in [5.41, 5.74) is 0.209. The van der Waals surface area contributed by atoms with Crippen LogP contribution in [0.25, 0.3) is 0 Å². The summed E-state index contributed by atoms with van der Waals surface area (Å²) in [6.45, 7) is -3.12. The average Bonchev–Trinajstić information content (AvgIpc) is 2.38. The van der Waals surface area contributed by atoms with Crippen molar-refractivity contribution < 1.29 is 22.7 Å². The summed E-state index contributed by atoms with van der Waals surface area (Å²) in [4.78, 5) is 12.1. The standard InChI is InChI=1S/C14H9F3O2/c15-10-6-7-11(12(8-10)19-14(16)17)13(18)9-4-2-1-3-5-9/h1-8,14H. The maximum atomic E-state index is 13.0. The Balaban J connectivity index is 2.41. The Morgan fingerprint density at radius 3 is 2.37 bits per heavy atom. The number of halogens is 3. The summed E-state index contributed by atoms with van der Waals surface area (Å²) in [6.07, 6.45) is 0. The van der Waals surface area contributed by atoms with Crippen LogP contribution in [0.3, 0.4) is 0 Å². The summed E-state index contributed by atoms with van der Waals surface area (Å²) < 4.78 is 41.7. The molecule has 0 aliphatic carbocycles. The molecule has 2 aromatic carbocycles. The summed E-state index contributed by atoms with van der Waals surface area (Å²) >= 11 is 0. The molecule has 0 saturated carbocycles. The number of hydrogen-bond donors (Lipinski definition) is 0. The normalized spacial score (nSPS) is 10.5. The third-order valence-electron chi connectivity index (χ3n) is 2.44. The van der Waals surface area contributed by atoms with Gasteiger partial charge in [-0.2, -0.15) is 8.78 Å². The summed E-state index contributed by atoms with van der Waals surface area (Å²) in [7, 11) is 0. The monoisotopic (exact) mass is 266 g/mol. The molecule has 5 heteroatoms. The summed E-state index contributed by atoms with van der Waals surface area (Å²) in [5.74, 6) is -1.72. The lowest BCUT2D eigenvalue weighted by atomic mass is 10.0. The van der Waals surface area contributed by atoms with Crippen molar-refractivity contribution in [1.82, 2.24) is 0 Å². The Kier molecular flexibility index (Phi) is 3.85. The predicted octanol–water partition coefficient (Wildman–Crippen LogP) is 3.66. The molecule has 0 atom stereocenters. The van der Waals surface area contributed by atoms with Crippen molar-refractivity contribution in [3.8, 4) is 5.75 Å². The topological polar surface area (TPSA) is 26.3 Å². The molecule has 2 aromatic rings. The zero-order chi connectivity index (χ0) is 13.8. The van der Waals surface area contributed by atoms with Gasteiger partial charge < -0.3 is 4.74 Å². The van der Waals surface area contributed by atoms with Gasteiger partial charge in [0.2, 0.25) is 0 Å². The zero-order valence-corrected chi connectivity index (χ0v) is 9.65. The molecule has 0 N–H and O–H groups in total. The van der Waals surface area contributed by atoms with Crippen LogP contribution in [0.15, 0.2) is 48.5 Å². The molecule has 0 radical (unpaired) electrons. The lowest BCUT2D eigenvalue weighted by Crippen LogP contribution is -2.09. The highest BCUT2D eigenvalue weighted by molar-refractivity contribution is 6.10. The van der Waals surface area contributed by atoms with Crippen LogP contribution in [0.4, 0.5) is 13.2 Å². The molecule has 98 valence electrons. The third-order valence-corrected chi connectivity index (χ3v) is 2.44. The number of carbonyl (C=O) groups excluding carboxylic acids is 1. The third kappa shape index (κ3) is 3.13. The van der Waals surface area contributed by atoms with Gasteiger partial charge in [0.25, 0.3) is 0 Å². The van der Waals surface area contributed by atoms with E-state index in [2.05, 4.69) is 4.74 Å². The van der Waals surface area contributed by atoms with Crippen LogP contribution in [0, 0.1) is 5.82 Å². The van der Waals surface area contributed by atoms with Crippen LogP contribution in [0.1, 0.15) is 15.9 Å². The fourth-order valence-corrected chi connectivity index (χ4v) is 1.62. The highest BCUT2D eigenvalue weighted by atomic mass is 19.3. The second-order valence-corrected chi connectivity index (χ2v) is 3.71.